The van der Waals surface area contributed by atoms with Gasteiger partial charge in [-0.15, -0.1) is 0 Å². The first-order valence-corrected chi connectivity index (χ1v) is 7.76. The molecule has 0 amide bonds. The molecule has 0 radical (unpaired) electrons. The van der Waals surface area contributed by atoms with Gasteiger partial charge in [0.05, 0.1) is 12.1 Å². The predicted octanol–water partition coefficient (Wildman–Crippen LogP) is 4.23. The molecule has 1 aromatic carbocycles. The van der Waals surface area contributed by atoms with Crippen LogP contribution < -0.4 is 0 Å². The van der Waals surface area contributed by atoms with E-state index in [4.69, 9.17) is 4.74 Å². The molecule has 1 heterocycles. The van der Waals surface area contributed by atoms with E-state index in [0.717, 1.165) is 10.9 Å². The Hall–Kier alpha value is -1.81. The number of carboxylic acids is 1. The zero-order valence-corrected chi connectivity index (χ0v) is 14.0. The fourth-order valence-corrected chi connectivity index (χ4v) is 2.84. The van der Waals surface area contributed by atoms with Gasteiger partial charge in [-0.25, -0.2) is 4.79 Å². The first-order valence-electron chi connectivity index (χ1n) is 7.76. The number of aromatic carboxylic acids is 1. The van der Waals surface area contributed by atoms with Gasteiger partial charge in [-0.05, 0) is 35.1 Å². The Morgan fingerprint density at radius 1 is 1.18 bits per heavy atom. The predicted molar refractivity (Wildman–Crippen MR) is 89.0 cm³/mol. The second-order valence-corrected chi connectivity index (χ2v) is 6.34. The van der Waals surface area contributed by atoms with Gasteiger partial charge in [0.15, 0.2) is 0 Å². The van der Waals surface area contributed by atoms with Crippen molar-refractivity contribution in [1.82, 2.24) is 4.57 Å². The molecular formula is C18H25NO3. The lowest BCUT2D eigenvalue weighted by atomic mass is 9.93. The molecule has 0 unspecified atom stereocenters. The number of fused-ring (bicyclic) bond motifs is 1. The van der Waals surface area contributed by atoms with E-state index in [1.54, 1.807) is 13.2 Å². The minimum Gasteiger partial charge on any atom is -0.477 e. The molecule has 120 valence electrons. The molecule has 1 N–H and O–H groups in total. The van der Waals surface area contributed by atoms with Gasteiger partial charge in [-0.3, -0.25) is 0 Å². The summed E-state index contributed by atoms with van der Waals surface area (Å²) in [6.07, 6.45) is 0. The molecule has 0 aliphatic carbocycles. The van der Waals surface area contributed by atoms with Crippen LogP contribution in [0.2, 0.25) is 0 Å². The Morgan fingerprint density at radius 2 is 1.86 bits per heavy atom. The summed E-state index contributed by atoms with van der Waals surface area (Å²) in [5.41, 5.74) is 3.80. The van der Waals surface area contributed by atoms with Crippen molar-refractivity contribution in [3.8, 4) is 0 Å². The van der Waals surface area contributed by atoms with Crippen molar-refractivity contribution in [2.45, 2.75) is 46.1 Å². The number of hydrogen-bond acceptors (Lipinski definition) is 2. The third-order valence-electron chi connectivity index (χ3n) is 4.07. The zero-order chi connectivity index (χ0) is 16.4. The summed E-state index contributed by atoms with van der Waals surface area (Å²) in [5.74, 6) is -0.148. The molecule has 0 aliphatic heterocycles. The van der Waals surface area contributed by atoms with Crippen molar-refractivity contribution in [3.05, 3.63) is 35.0 Å². The van der Waals surface area contributed by atoms with Crippen LogP contribution in [0.15, 0.2) is 18.2 Å². The Kier molecular flexibility index (Phi) is 4.91. The number of carbonyl (C=O) groups is 1. The maximum Gasteiger partial charge on any atom is 0.352 e. The quantitative estimate of drug-likeness (QED) is 0.868. The summed E-state index contributed by atoms with van der Waals surface area (Å²) in [6, 6.07) is 6.11. The van der Waals surface area contributed by atoms with Crippen molar-refractivity contribution in [2.75, 3.05) is 13.7 Å². The number of rotatable bonds is 6. The van der Waals surface area contributed by atoms with E-state index >= 15 is 0 Å². The number of ether oxygens (including phenoxy) is 1. The Labute approximate surface area is 131 Å². The number of carboxylic acid groups (broad SMARTS) is 1. The van der Waals surface area contributed by atoms with E-state index < -0.39 is 5.97 Å². The van der Waals surface area contributed by atoms with Gasteiger partial charge in [0.2, 0.25) is 0 Å². The Balaban J connectivity index is 2.77. The van der Waals surface area contributed by atoms with E-state index in [1.165, 1.54) is 11.1 Å². The number of methoxy groups -OCH3 is 1. The van der Waals surface area contributed by atoms with Crippen LogP contribution in [0.4, 0.5) is 0 Å². The van der Waals surface area contributed by atoms with Gasteiger partial charge in [0, 0.05) is 19.0 Å². The highest BCUT2D eigenvalue weighted by Crippen LogP contribution is 2.32. The molecule has 0 spiro atoms. The molecular weight excluding hydrogens is 278 g/mol. The van der Waals surface area contributed by atoms with Gasteiger partial charge < -0.3 is 14.4 Å². The lowest BCUT2D eigenvalue weighted by Gasteiger charge is -2.16. The monoisotopic (exact) mass is 303 g/mol. The van der Waals surface area contributed by atoms with Crippen LogP contribution in [0.1, 0.15) is 61.1 Å². The van der Waals surface area contributed by atoms with E-state index in [2.05, 4.69) is 39.8 Å². The molecule has 0 fully saturated rings. The first-order chi connectivity index (χ1) is 10.4. The van der Waals surface area contributed by atoms with E-state index in [0.29, 0.717) is 30.7 Å². The number of benzene rings is 1. The highest BCUT2D eigenvalue weighted by Gasteiger charge is 2.19. The van der Waals surface area contributed by atoms with Crippen molar-refractivity contribution in [2.24, 2.45) is 0 Å². The molecule has 0 saturated carbocycles. The topological polar surface area (TPSA) is 51.5 Å². The average molecular weight is 303 g/mol. The fraction of sp³-hybridized carbons (Fsp3) is 0.500. The van der Waals surface area contributed by atoms with E-state index in [-0.39, 0.29) is 0 Å². The lowest BCUT2D eigenvalue weighted by molar-refractivity contribution is 0.0683. The molecule has 0 aliphatic rings. The summed E-state index contributed by atoms with van der Waals surface area (Å²) < 4.78 is 7.02. The molecule has 4 nitrogen and oxygen atoms in total. The normalized spacial score (nSPS) is 11.8. The summed E-state index contributed by atoms with van der Waals surface area (Å²) in [4.78, 5) is 11.6. The number of aromatic nitrogens is 1. The summed E-state index contributed by atoms with van der Waals surface area (Å²) in [5, 5.41) is 10.5. The molecule has 4 heteroatoms. The first kappa shape index (κ1) is 16.6. The highest BCUT2D eigenvalue weighted by atomic mass is 16.5. The lowest BCUT2D eigenvalue weighted by Crippen LogP contribution is -2.12. The third-order valence-corrected chi connectivity index (χ3v) is 4.07. The molecule has 2 aromatic rings. The van der Waals surface area contributed by atoms with Crippen molar-refractivity contribution in [1.29, 1.82) is 0 Å². The van der Waals surface area contributed by atoms with Crippen LogP contribution >= 0.6 is 0 Å². The van der Waals surface area contributed by atoms with Crippen LogP contribution in [0.3, 0.4) is 0 Å². The molecule has 0 saturated heterocycles. The van der Waals surface area contributed by atoms with Crippen molar-refractivity contribution in [3.63, 3.8) is 0 Å². The third kappa shape index (κ3) is 3.02. The van der Waals surface area contributed by atoms with Crippen molar-refractivity contribution < 1.29 is 14.6 Å². The van der Waals surface area contributed by atoms with Gasteiger partial charge >= 0.3 is 5.97 Å². The maximum atomic E-state index is 11.6. The average Bonchev–Trinajstić information content (AvgIpc) is 2.82. The Bertz CT molecular complexity index is 683. The van der Waals surface area contributed by atoms with Crippen LogP contribution in [0.25, 0.3) is 10.9 Å². The summed E-state index contributed by atoms with van der Waals surface area (Å²) in [6.45, 7) is 9.65. The molecule has 2 rings (SSSR count). The minimum atomic E-state index is -0.895. The largest absolute Gasteiger partial charge is 0.477 e. The van der Waals surface area contributed by atoms with Crippen LogP contribution in [-0.4, -0.2) is 29.4 Å². The smallest absolute Gasteiger partial charge is 0.352 e. The summed E-state index contributed by atoms with van der Waals surface area (Å²) in [7, 11) is 1.63. The van der Waals surface area contributed by atoms with Gasteiger partial charge in [-0.2, -0.15) is 0 Å². The summed E-state index contributed by atoms with van der Waals surface area (Å²) >= 11 is 0. The fourth-order valence-electron chi connectivity index (χ4n) is 2.84. The molecule has 1 aromatic heterocycles. The van der Waals surface area contributed by atoms with Crippen LogP contribution in [-0.2, 0) is 11.3 Å². The van der Waals surface area contributed by atoms with Crippen LogP contribution in [0.5, 0.6) is 0 Å². The van der Waals surface area contributed by atoms with E-state index in [9.17, 15) is 9.90 Å². The Morgan fingerprint density at radius 3 is 2.36 bits per heavy atom. The zero-order valence-electron chi connectivity index (χ0n) is 14.0. The highest BCUT2D eigenvalue weighted by molar-refractivity contribution is 5.96. The number of hydrogen-bond donors (Lipinski definition) is 1. The second kappa shape index (κ2) is 6.53. The van der Waals surface area contributed by atoms with Gasteiger partial charge in [0.25, 0.3) is 0 Å². The van der Waals surface area contributed by atoms with Crippen molar-refractivity contribution >= 4 is 16.9 Å². The minimum absolute atomic E-state index is 0.329. The van der Waals surface area contributed by atoms with Gasteiger partial charge in [0.1, 0.15) is 5.69 Å². The van der Waals surface area contributed by atoms with E-state index in [1.807, 2.05) is 4.57 Å². The van der Waals surface area contributed by atoms with Gasteiger partial charge in [-0.1, -0.05) is 33.8 Å². The number of nitrogens with zero attached hydrogens (tertiary/aromatic N) is 1. The molecule has 0 atom stereocenters. The standard InChI is InChI=1S/C18H25NO3/c1-11(2)13-8-14-10-16(18(20)21)19(6-7-22-5)17(14)15(9-13)12(3)4/h8-12H,6-7H2,1-5H3,(H,20,21). The molecule has 22 heavy (non-hydrogen) atoms. The van der Waals surface area contributed by atoms with Crippen LogP contribution in [0, 0.1) is 0 Å². The SMILES string of the molecule is COCCn1c(C(=O)O)cc2cc(C(C)C)cc(C(C)C)c21. The molecule has 0 bridgehead atoms. The second-order valence-electron chi connectivity index (χ2n) is 6.34. The maximum absolute atomic E-state index is 11.6.